The normalized spacial score (nSPS) is 11.3. The van der Waals surface area contributed by atoms with E-state index in [-0.39, 0.29) is 16.3 Å². The topological polar surface area (TPSA) is 101 Å². The molecule has 0 bridgehead atoms. The summed E-state index contributed by atoms with van der Waals surface area (Å²) in [6.45, 7) is 2.43. The minimum absolute atomic E-state index is 0.0169. The van der Waals surface area contributed by atoms with E-state index in [1.807, 2.05) is 6.92 Å². The van der Waals surface area contributed by atoms with Gasteiger partial charge in [-0.05, 0) is 25.1 Å². The molecule has 0 atom stereocenters. The van der Waals surface area contributed by atoms with Crippen LogP contribution in [0.2, 0.25) is 0 Å². The van der Waals surface area contributed by atoms with E-state index < -0.39 is 16.0 Å². The van der Waals surface area contributed by atoms with Gasteiger partial charge in [-0.15, -0.1) is 0 Å². The van der Waals surface area contributed by atoms with Gasteiger partial charge in [0.05, 0.1) is 17.6 Å². The number of benzene rings is 1. The highest BCUT2D eigenvalue weighted by Crippen LogP contribution is 2.23. The lowest BCUT2D eigenvalue weighted by Gasteiger charge is -2.09. The van der Waals surface area contributed by atoms with E-state index in [9.17, 15) is 13.2 Å². The highest BCUT2D eigenvalue weighted by molar-refractivity contribution is 9.10. The summed E-state index contributed by atoms with van der Waals surface area (Å²) < 4.78 is 28.8. The number of aryl methyl sites for hydroxylation is 1. The molecular formula is C12H12BrN3O4S. The van der Waals surface area contributed by atoms with Crippen LogP contribution in [0.1, 0.15) is 17.3 Å². The Kier molecular flexibility index (Phi) is 4.33. The highest BCUT2D eigenvalue weighted by atomic mass is 79.9. The SMILES string of the molecule is CCn1cnc(S(=O)(=O)Nc2ccc(Br)cc2C(=O)O)c1. The van der Waals surface area contributed by atoms with Gasteiger partial charge in [0, 0.05) is 17.2 Å². The predicted molar refractivity (Wildman–Crippen MR) is 79.8 cm³/mol. The zero-order valence-electron chi connectivity index (χ0n) is 10.9. The Balaban J connectivity index is 2.39. The Labute approximate surface area is 129 Å². The largest absolute Gasteiger partial charge is 0.478 e. The fraction of sp³-hybridized carbons (Fsp3) is 0.167. The molecule has 0 aliphatic heterocycles. The maximum atomic E-state index is 12.2. The molecule has 2 aromatic rings. The van der Waals surface area contributed by atoms with Crippen LogP contribution in [0.15, 0.2) is 40.2 Å². The van der Waals surface area contributed by atoms with Crippen molar-refractivity contribution in [1.82, 2.24) is 9.55 Å². The zero-order valence-corrected chi connectivity index (χ0v) is 13.3. The molecular weight excluding hydrogens is 362 g/mol. The predicted octanol–water partition coefficient (Wildman–Crippen LogP) is 2.16. The maximum Gasteiger partial charge on any atom is 0.337 e. The number of carboxylic acid groups (broad SMARTS) is 1. The first kappa shape index (κ1) is 15.5. The molecule has 2 N–H and O–H groups in total. The van der Waals surface area contributed by atoms with Gasteiger partial charge in [0.2, 0.25) is 0 Å². The Morgan fingerprint density at radius 2 is 2.19 bits per heavy atom. The van der Waals surface area contributed by atoms with Crippen molar-refractivity contribution in [2.24, 2.45) is 0 Å². The van der Waals surface area contributed by atoms with Gasteiger partial charge in [0.25, 0.3) is 10.0 Å². The number of anilines is 1. The third kappa shape index (κ3) is 3.42. The van der Waals surface area contributed by atoms with E-state index in [0.717, 1.165) is 0 Å². The van der Waals surface area contributed by atoms with E-state index >= 15 is 0 Å². The molecule has 112 valence electrons. The van der Waals surface area contributed by atoms with Crippen molar-refractivity contribution >= 4 is 37.6 Å². The van der Waals surface area contributed by atoms with Gasteiger partial charge >= 0.3 is 5.97 Å². The summed E-state index contributed by atoms with van der Waals surface area (Å²) in [6.07, 6.45) is 2.77. The van der Waals surface area contributed by atoms with Gasteiger partial charge in [-0.25, -0.2) is 9.78 Å². The average molecular weight is 374 g/mol. The van der Waals surface area contributed by atoms with Crippen molar-refractivity contribution in [1.29, 1.82) is 0 Å². The van der Waals surface area contributed by atoms with Crippen molar-refractivity contribution in [3.63, 3.8) is 0 Å². The summed E-state index contributed by atoms with van der Waals surface area (Å²) in [5.41, 5.74) is -0.167. The minimum atomic E-state index is -3.93. The molecule has 0 aliphatic carbocycles. The molecule has 0 radical (unpaired) electrons. The van der Waals surface area contributed by atoms with Crippen molar-refractivity contribution in [3.8, 4) is 0 Å². The lowest BCUT2D eigenvalue weighted by molar-refractivity contribution is 0.0698. The molecule has 0 spiro atoms. The number of hydrogen-bond donors (Lipinski definition) is 2. The van der Waals surface area contributed by atoms with E-state index in [1.165, 1.54) is 24.7 Å². The number of nitrogens with one attached hydrogen (secondary N) is 1. The second-order valence-electron chi connectivity index (χ2n) is 4.14. The van der Waals surface area contributed by atoms with Gasteiger partial charge in [-0.3, -0.25) is 4.72 Å². The van der Waals surface area contributed by atoms with Crippen LogP contribution >= 0.6 is 15.9 Å². The number of carboxylic acids is 1. The van der Waals surface area contributed by atoms with Gasteiger partial charge in [0.1, 0.15) is 0 Å². The molecule has 0 unspecified atom stereocenters. The van der Waals surface area contributed by atoms with Crippen molar-refractivity contribution in [2.45, 2.75) is 18.5 Å². The van der Waals surface area contributed by atoms with Gasteiger partial charge in [-0.2, -0.15) is 8.42 Å². The Bertz CT molecular complexity index is 786. The minimum Gasteiger partial charge on any atom is -0.478 e. The van der Waals surface area contributed by atoms with Crippen LogP contribution in [0, 0.1) is 0 Å². The van der Waals surface area contributed by atoms with Crippen LogP contribution < -0.4 is 4.72 Å². The van der Waals surface area contributed by atoms with Gasteiger partial charge in [0.15, 0.2) is 5.03 Å². The Morgan fingerprint density at radius 1 is 1.48 bits per heavy atom. The standard InChI is InChI=1S/C12H12BrN3O4S/c1-2-16-6-11(14-7-16)21(19,20)15-10-4-3-8(13)5-9(10)12(17)18/h3-7,15H,2H2,1H3,(H,17,18). The average Bonchev–Trinajstić information content (AvgIpc) is 2.90. The van der Waals surface area contributed by atoms with Crippen LogP contribution in [0.25, 0.3) is 0 Å². The first-order valence-corrected chi connectivity index (χ1v) is 8.18. The molecule has 0 saturated heterocycles. The number of hydrogen-bond acceptors (Lipinski definition) is 4. The van der Waals surface area contributed by atoms with Crippen LogP contribution in [-0.2, 0) is 16.6 Å². The van der Waals surface area contributed by atoms with E-state index in [0.29, 0.717) is 11.0 Å². The molecule has 0 fully saturated rings. The van der Waals surface area contributed by atoms with E-state index in [4.69, 9.17) is 5.11 Å². The molecule has 21 heavy (non-hydrogen) atoms. The number of aromatic carboxylic acids is 1. The summed E-state index contributed by atoms with van der Waals surface area (Å²) >= 11 is 3.15. The number of aromatic nitrogens is 2. The third-order valence-electron chi connectivity index (χ3n) is 2.71. The molecule has 7 nitrogen and oxygen atoms in total. The summed E-state index contributed by atoms with van der Waals surface area (Å²) in [5.74, 6) is -1.23. The quantitative estimate of drug-likeness (QED) is 0.835. The molecule has 9 heteroatoms. The maximum absolute atomic E-state index is 12.2. The number of rotatable bonds is 5. The smallest absolute Gasteiger partial charge is 0.337 e. The first-order chi connectivity index (χ1) is 9.83. The lowest BCUT2D eigenvalue weighted by atomic mass is 10.2. The summed E-state index contributed by atoms with van der Waals surface area (Å²) in [7, 11) is -3.93. The molecule has 0 amide bonds. The van der Waals surface area contributed by atoms with Crippen molar-refractivity contribution < 1.29 is 18.3 Å². The first-order valence-electron chi connectivity index (χ1n) is 5.91. The Hall–Kier alpha value is -1.87. The Morgan fingerprint density at radius 3 is 2.76 bits per heavy atom. The molecule has 0 aliphatic rings. The lowest BCUT2D eigenvalue weighted by Crippen LogP contribution is -2.16. The van der Waals surface area contributed by atoms with E-state index in [1.54, 1.807) is 10.6 Å². The fourth-order valence-corrected chi connectivity index (χ4v) is 3.02. The monoisotopic (exact) mass is 373 g/mol. The number of imidazole rings is 1. The second-order valence-corrected chi connectivity index (χ2v) is 6.69. The number of nitrogens with zero attached hydrogens (tertiary/aromatic N) is 2. The van der Waals surface area contributed by atoms with Crippen LogP contribution in [-0.4, -0.2) is 29.0 Å². The summed E-state index contributed by atoms with van der Waals surface area (Å²) in [5, 5.41) is 8.96. The van der Waals surface area contributed by atoms with Crippen molar-refractivity contribution in [2.75, 3.05) is 4.72 Å². The summed E-state index contributed by atoms with van der Waals surface area (Å²) in [4.78, 5) is 15.0. The second kappa shape index (κ2) is 5.86. The van der Waals surface area contributed by atoms with Crippen LogP contribution in [0.4, 0.5) is 5.69 Å². The van der Waals surface area contributed by atoms with Crippen LogP contribution in [0.3, 0.4) is 0 Å². The fourth-order valence-electron chi connectivity index (χ4n) is 1.63. The number of sulfonamides is 1. The van der Waals surface area contributed by atoms with E-state index in [2.05, 4.69) is 25.6 Å². The zero-order chi connectivity index (χ0) is 15.6. The number of carbonyl (C=O) groups is 1. The summed E-state index contributed by atoms with van der Waals surface area (Å²) in [6, 6.07) is 4.25. The molecule has 0 saturated carbocycles. The molecule has 1 aromatic heterocycles. The van der Waals surface area contributed by atoms with Crippen molar-refractivity contribution in [3.05, 3.63) is 40.8 Å². The van der Waals surface area contributed by atoms with Gasteiger partial charge < -0.3 is 9.67 Å². The van der Waals surface area contributed by atoms with Gasteiger partial charge in [-0.1, -0.05) is 15.9 Å². The molecule has 2 rings (SSSR count). The number of halogens is 1. The third-order valence-corrected chi connectivity index (χ3v) is 4.45. The highest BCUT2D eigenvalue weighted by Gasteiger charge is 2.21. The molecule has 1 heterocycles. The van der Waals surface area contributed by atoms with Crippen LogP contribution in [0.5, 0.6) is 0 Å². The molecule has 1 aromatic carbocycles.